The molecule has 2 rings (SSSR count). The molecule has 6 heteroatoms. The van der Waals surface area contributed by atoms with Gasteiger partial charge in [-0.1, -0.05) is 5.21 Å². The fraction of sp³-hybridized carbons (Fsp3) is 0.727. The lowest BCUT2D eigenvalue weighted by molar-refractivity contribution is -0.134. The minimum Gasteiger partial charge on any atom is -0.391 e. The number of β-amino-alcohol motifs (C(OH)–C–C–N with tert-alkyl or cyclic N) is 1. The third-order valence-corrected chi connectivity index (χ3v) is 3.00. The SMILES string of the molecule is O=C(CCCn1ccnn1)N1CCCC(O)C1. The molecule has 0 radical (unpaired) electrons. The molecule has 0 saturated carbocycles. The summed E-state index contributed by atoms with van der Waals surface area (Å²) < 4.78 is 1.72. The first-order valence-corrected chi connectivity index (χ1v) is 6.05. The van der Waals surface area contributed by atoms with Crippen LogP contribution in [0.3, 0.4) is 0 Å². The van der Waals surface area contributed by atoms with Gasteiger partial charge in [0, 0.05) is 32.3 Å². The van der Waals surface area contributed by atoms with Crippen LogP contribution in [0, 0.1) is 0 Å². The fourth-order valence-electron chi connectivity index (χ4n) is 2.08. The Kier molecular flexibility index (Phi) is 4.08. The van der Waals surface area contributed by atoms with Gasteiger partial charge in [0.2, 0.25) is 5.91 Å². The van der Waals surface area contributed by atoms with Crippen LogP contribution in [0.4, 0.5) is 0 Å². The number of hydrogen-bond donors (Lipinski definition) is 1. The molecule has 1 aliphatic rings. The van der Waals surface area contributed by atoms with Crippen molar-refractivity contribution in [1.82, 2.24) is 19.9 Å². The molecule has 0 aliphatic carbocycles. The molecule has 0 aromatic carbocycles. The van der Waals surface area contributed by atoms with Crippen molar-refractivity contribution in [2.45, 2.75) is 38.3 Å². The number of aryl methyl sites for hydroxylation is 1. The van der Waals surface area contributed by atoms with Gasteiger partial charge in [0.05, 0.1) is 12.3 Å². The van der Waals surface area contributed by atoms with Crippen molar-refractivity contribution in [3.8, 4) is 0 Å². The Morgan fingerprint density at radius 3 is 3.12 bits per heavy atom. The average molecular weight is 238 g/mol. The molecule has 1 aromatic heterocycles. The highest BCUT2D eigenvalue weighted by Gasteiger charge is 2.21. The predicted octanol–water partition coefficient (Wildman–Crippen LogP) is 0.0416. The molecule has 1 atom stereocenters. The number of hydrogen-bond acceptors (Lipinski definition) is 4. The minimum absolute atomic E-state index is 0.129. The van der Waals surface area contributed by atoms with Crippen LogP contribution in [-0.4, -0.2) is 50.1 Å². The van der Waals surface area contributed by atoms with E-state index in [0.717, 1.165) is 25.8 Å². The molecular formula is C11H18N4O2. The molecule has 0 bridgehead atoms. The Bertz CT molecular complexity index is 352. The average Bonchev–Trinajstić information content (AvgIpc) is 2.82. The quantitative estimate of drug-likeness (QED) is 0.804. The molecular weight excluding hydrogens is 220 g/mol. The number of aliphatic hydroxyl groups excluding tert-OH is 1. The first-order valence-electron chi connectivity index (χ1n) is 6.05. The predicted molar refractivity (Wildman–Crippen MR) is 61.1 cm³/mol. The van der Waals surface area contributed by atoms with Gasteiger partial charge in [0.1, 0.15) is 0 Å². The lowest BCUT2D eigenvalue weighted by Crippen LogP contribution is -2.42. The summed E-state index contributed by atoms with van der Waals surface area (Å²) in [7, 11) is 0. The van der Waals surface area contributed by atoms with Crippen molar-refractivity contribution in [3.63, 3.8) is 0 Å². The topological polar surface area (TPSA) is 71.2 Å². The maximum atomic E-state index is 11.8. The van der Waals surface area contributed by atoms with E-state index < -0.39 is 0 Å². The summed E-state index contributed by atoms with van der Waals surface area (Å²) in [6, 6.07) is 0. The van der Waals surface area contributed by atoms with Crippen LogP contribution in [0.2, 0.25) is 0 Å². The van der Waals surface area contributed by atoms with Gasteiger partial charge in [-0.15, -0.1) is 5.10 Å². The summed E-state index contributed by atoms with van der Waals surface area (Å²) >= 11 is 0. The third-order valence-electron chi connectivity index (χ3n) is 3.00. The second-order valence-corrected chi connectivity index (χ2v) is 4.41. The molecule has 1 aromatic rings. The Balaban J connectivity index is 1.70. The highest BCUT2D eigenvalue weighted by molar-refractivity contribution is 5.76. The fourth-order valence-corrected chi connectivity index (χ4v) is 2.08. The van der Waals surface area contributed by atoms with E-state index in [4.69, 9.17) is 0 Å². The van der Waals surface area contributed by atoms with Gasteiger partial charge in [-0.25, -0.2) is 0 Å². The van der Waals surface area contributed by atoms with Gasteiger partial charge in [-0.3, -0.25) is 9.48 Å². The smallest absolute Gasteiger partial charge is 0.222 e. The van der Waals surface area contributed by atoms with E-state index in [1.165, 1.54) is 0 Å². The molecule has 17 heavy (non-hydrogen) atoms. The summed E-state index contributed by atoms with van der Waals surface area (Å²) in [6.07, 6.45) is 6.04. The maximum absolute atomic E-state index is 11.8. The second-order valence-electron chi connectivity index (χ2n) is 4.41. The van der Waals surface area contributed by atoms with Gasteiger partial charge < -0.3 is 10.0 Å². The zero-order valence-corrected chi connectivity index (χ0v) is 9.83. The number of aromatic nitrogens is 3. The Hall–Kier alpha value is -1.43. The summed E-state index contributed by atoms with van der Waals surface area (Å²) in [5, 5.41) is 17.0. The summed E-state index contributed by atoms with van der Waals surface area (Å²) in [4.78, 5) is 13.6. The maximum Gasteiger partial charge on any atom is 0.222 e. The molecule has 1 aliphatic heterocycles. The molecule has 1 amide bonds. The number of rotatable bonds is 4. The van der Waals surface area contributed by atoms with E-state index in [0.29, 0.717) is 19.5 Å². The van der Waals surface area contributed by atoms with Gasteiger partial charge in [0.25, 0.3) is 0 Å². The van der Waals surface area contributed by atoms with Crippen LogP contribution in [0.15, 0.2) is 12.4 Å². The molecule has 94 valence electrons. The molecule has 1 N–H and O–H groups in total. The van der Waals surface area contributed by atoms with Crippen LogP contribution < -0.4 is 0 Å². The highest BCUT2D eigenvalue weighted by Crippen LogP contribution is 2.11. The van der Waals surface area contributed by atoms with Crippen LogP contribution in [0.1, 0.15) is 25.7 Å². The number of aliphatic hydroxyl groups is 1. The van der Waals surface area contributed by atoms with Crippen molar-refractivity contribution in [2.75, 3.05) is 13.1 Å². The Morgan fingerprint density at radius 1 is 1.53 bits per heavy atom. The Labute approximate surface area is 100 Å². The zero-order chi connectivity index (χ0) is 12.1. The molecule has 6 nitrogen and oxygen atoms in total. The van der Waals surface area contributed by atoms with Gasteiger partial charge in [-0.05, 0) is 19.3 Å². The molecule has 2 heterocycles. The van der Waals surface area contributed by atoms with E-state index in [9.17, 15) is 9.90 Å². The second kappa shape index (κ2) is 5.77. The molecule has 1 unspecified atom stereocenters. The van der Waals surface area contributed by atoms with Crippen LogP contribution in [0.5, 0.6) is 0 Å². The molecule has 1 fully saturated rings. The van der Waals surface area contributed by atoms with E-state index >= 15 is 0 Å². The van der Waals surface area contributed by atoms with Crippen molar-refractivity contribution >= 4 is 5.91 Å². The number of nitrogens with zero attached hydrogens (tertiary/aromatic N) is 4. The standard InChI is InChI=1S/C11H18N4O2/c16-10-3-1-6-14(9-10)11(17)4-2-7-15-8-5-12-13-15/h5,8,10,16H,1-4,6-7,9H2. The van der Waals surface area contributed by atoms with Crippen molar-refractivity contribution in [2.24, 2.45) is 0 Å². The van der Waals surface area contributed by atoms with E-state index in [1.54, 1.807) is 22.0 Å². The van der Waals surface area contributed by atoms with E-state index in [1.807, 2.05) is 0 Å². The number of carbonyl (C=O) groups excluding carboxylic acids is 1. The number of likely N-dealkylation sites (tertiary alicyclic amines) is 1. The van der Waals surface area contributed by atoms with Gasteiger partial charge in [0.15, 0.2) is 0 Å². The minimum atomic E-state index is -0.344. The lowest BCUT2D eigenvalue weighted by atomic mass is 10.1. The number of piperidine rings is 1. The highest BCUT2D eigenvalue weighted by atomic mass is 16.3. The summed E-state index contributed by atoms with van der Waals surface area (Å²) in [5.74, 6) is 0.129. The Morgan fingerprint density at radius 2 is 2.41 bits per heavy atom. The normalized spacial score (nSPS) is 20.5. The van der Waals surface area contributed by atoms with Crippen LogP contribution in [-0.2, 0) is 11.3 Å². The van der Waals surface area contributed by atoms with E-state index in [2.05, 4.69) is 10.3 Å². The van der Waals surface area contributed by atoms with Crippen molar-refractivity contribution in [3.05, 3.63) is 12.4 Å². The van der Waals surface area contributed by atoms with Crippen molar-refractivity contribution in [1.29, 1.82) is 0 Å². The largest absolute Gasteiger partial charge is 0.391 e. The summed E-state index contributed by atoms with van der Waals surface area (Å²) in [5.41, 5.74) is 0. The first-order chi connectivity index (χ1) is 8.25. The summed E-state index contributed by atoms with van der Waals surface area (Å²) in [6.45, 7) is 1.98. The van der Waals surface area contributed by atoms with Crippen LogP contribution >= 0.6 is 0 Å². The van der Waals surface area contributed by atoms with Gasteiger partial charge in [-0.2, -0.15) is 0 Å². The molecule has 0 spiro atoms. The number of amides is 1. The van der Waals surface area contributed by atoms with Gasteiger partial charge >= 0.3 is 0 Å². The van der Waals surface area contributed by atoms with Crippen molar-refractivity contribution < 1.29 is 9.90 Å². The molecule has 1 saturated heterocycles. The first kappa shape index (κ1) is 12.0. The van der Waals surface area contributed by atoms with E-state index in [-0.39, 0.29) is 12.0 Å². The number of carbonyl (C=O) groups is 1. The van der Waals surface area contributed by atoms with Crippen LogP contribution in [0.25, 0.3) is 0 Å². The lowest BCUT2D eigenvalue weighted by Gasteiger charge is -2.30. The third kappa shape index (κ3) is 3.52. The zero-order valence-electron chi connectivity index (χ0n) is 9.83. The monoisotopic (exact) mass is 238 g/mol.